The number of carbonyl (C=O) groups is 1. The Morgan fingerprint density at radius 3 is 2.81 bits per heavy atom. The van der Waals surface area contributed by atoms with E-state index in [1.807, 2.05) is 16.7 Å². The monoisotopic (exact) mass is 385 g/mol. The number of urea groups is 1. The summed E-state index contributed by atoms with van der Waals surface area (Å²) in [5, 5.41) is 0. The van der Waals surface area contributed by atoms with Gasteiger partial charge in [0.1, 0.15) is 12.1 Å². The summed E-state index contributed by atoms with van der Waals surface area (Å²) >= 11 is -0.989. The summed E-state index contributed by atoms with van der Waals surface area (Å²) in [6, 6.07) is 3.86. The van der Waals surface area contributed by atoms with E-state index in [2.05, 4.69) is 22.1 Å². The van der Waals surface area contributed by atoms with Crippen molar-refractivity contribution in [1.82, 2.24) is 14.3 Å². The fourth-order valence-electron chi connectivity index (χ4n) is 4.01. The molecule has 27 heavy (non-hydrogen) atoms. The summed E-state index contributed by atoms with van der Waals surface area (Å²) in [5.74, 6) is 0.657. The van der Waals surface area contributed by atoms with Gasteiger partial charge in [0.15, 0.2) is 0 Å². The lowest BCUT2D eigenvalue weighted by atomic mass is 9.99. The minimum Gasteiger partial charge on any atom is -0.598 e. The zero-order valence-corrected chi connectivity index (χ0v) is 16.1. The Labute approximate surface area is 161 Å². The Kier molecular flexibility index (Phi) is 5.03. The lowest BCUT2D eigenvalue weighted by Crippen LogP contribution is -2.40. The summed E-state index contributed by atoms with van der Waals surface area (Å²) in [4.78, 5) is 22.1. The van der Waals surface area contributed by atoms with E-state index in [0.29, 0.717) is 12.4 Å². The van der Waals surface area contributed by atoms with Gasteiger partial charge in [-0.2, -0.15) is 0 Å². The molecule has 0 aromatic carbocycles. The fourth-order valence-corrected chi connectivity index (χ4v) is 4.99. The van der Waals surface area contributed by atoms with Gasteiger partial charge in [0.2, 0.25) is 0 Å². The maximum atomic E-state index is 12.0. The second-order valence-corrected chi connectivity index (χ2v) is 8.35. The number of hydrogen-bond acceptors (Lipinski definition) is 5. The molecule has 2 amide bonds. The van der Waals surface area contributed by atoms with Gasteiger partial charge < -0.3 is 10.3 Å². The predicted octanol–water partition coefficient (Wildman–Crippen LogP) is 2.41. The molecule has 8 heteroatoms. The summed E-state index contributed by atoms with van der Waals surface area (Å²) in [6.07, 6.45) is 11.0. The number of nitrogens with two attached hydrogens (primary N) is 1. The molecule has 2 N–H and O–H groups in total. The molecule has 2 unspecified atom stereocenters. The molecule has 4 rings (SSSR count). The van der Waals surface area contributed by atoms with Crippen molar-refractivity contribution in [3.8, 4) is 11.1 Å². The molecule has 0 saturated carbocycles. The standard InChI is InChI=1S/C19H23N5O2S/c1-27(26)24-7-3-5-17(24)16-9-14(10-21-11-16)15-8-13-4-2-6-23(19(20)25)18(13)22-12-15/h8-12,17H,2-7H2,1H3,(H2,20,25). The van der Waals surface area contributed by atoms with E-state index < -0.39 is 17.4 Å². The van der Waals surface area contributed by atoms with Crippen molar-refractivity contribution in [3.05, 3.63) is 41.9 Å². The molecule has 1 fully saturated rings. The van der Waals surface area contributed by atoms with Crippen LogP contribution in [0.2, 0.25) is 0 Å². The first-order valence-corrected chi connectivity index (χ1v) is 10.7. The molecule has 7 nitrogen and oxygen atoms in total. The molecule has 0 radical (unpaired) electrons. The van der Waals surface area contributed by atoms with E-state index in [0.717, 1.165) is 54.5 Å². The Morgan fingerprint density at radius 1 is 1.22 bits per heavy atom. The maximum absolute atomic E-state index is 12.0. The largest absolute Gasteiger partial charge is 0.598 e. The van der Waals surface area contributed by atoms with Gasteiger partial charge in [0.05, 0.1) is 6.04 Å². The molecule has 0 spiro atoms. The average Bonchev–Trinajstić information content (AvgIpc) is 3.17. The molecule has 2 aromatic rings. The zero-order chi connectivity index (χ0) is 19.0. The third-order valence-corrected chi connectivity index (χ3v) is 6.40. The highest BCUT2D eigenvalue weighted by atomic mass is 32.2. The Hall–Kier alpha value is -2.16. The Bertz CT molecular complexity index is 860. The first kappa shape index (κ1) is 18.2. The van der Waals surface area contributed by atoms with Gasteiger partial charge in [0, 0.05) is 54.2 Å². The smallest absolute Gasteiger partial charge is 0.320 e. The van der Waals surface area contributed by atoms with Crippen molar-refractivity contribution < 1.29 is 9.35 Å². The van der Waals surface area contributed by atoms with Crippen LogP contribution in [-0.4, -0.2) is 44.2 Å². The van der Waals surface area contributed by atoms with Crippen LogP contribution in [0, 0.1) is 0 Å². The average molecular weight is 385 g/mol. The van der Waals surface area contributed by atoms with Crippen molar-refractivity contribution in [2.45, 2.75) is 31.7 Å². The molecule has 0 aliphatic carbocycles. The number of hydrogen-bond donors (Lipinski definition) is 1. The number of anilines is 1. The van der Waals surface area contributed by atoms with E-state index >= 15 is 0 Å². The van der Waals surface area contributed by atoms with Gasteiger partial charge in [-0.25, -0.2) is 9.78 Å². The maximum Gasteiger partial charge on any atom is 0.320 e. The van der Waals surface area contributed by atoms with E-state index in [9.17, 15) is 9.35 Å². The second kappa shape index (κ2) is 7.46. The van der Waals surface area contributed by atoms with Crippen molar-refractivity contribution in [3.63, 3.8) is 0 Å². The number of pyridine rings is 2. The Balaban J connectivity index is 1.66. The summed E-state index contributed by atoms with van der Waals surface area (Å²) in [5.41, 5.74) is 9.52. The molecular weight excluding hydrogens is 362 g/mol. The van der Waals surface area contributed by atoms with Crippen LogP contribution in [0.4, 0.5) is 10.6 Å². The molecule has 2 aromatic heterocycles. The van der Waals surface area contributed by atoms with Crippen LogP contribution in [-0.2, 0) is 17.8 Å². The minimum absolute atomic E-state index is 0.138. The third kappa shape index (κ3) is 3.52. The normalized spacial score (nSPS) is 21.1. The number of primary amides is 1. The number of aromatic nitrogens is 2. The van der Waals surface area contributed by atoms with E-state index in [-0.39, 0.29) is 6.04 Å². The molecule has 0 bridgehead atoms. The third-order valence-electron chi connectivity index (χ3n) is 5.30. The molecular formula is C19H23N5O2S. The number of rotatable bonds is 3. The first-order chi connectivity index (χ1) is 13.0. The summed E-state index contributed by atoms with van der Waals surface area (Å²) in [7, 11) is 0. The molecule has 1 saturated heterocycles. The van der Waals surface area contributed by atoms with Crippen molar-refractivity contribution >= 4 is 23.2 Å². The van der Waals surface area contributed by atoms with Crippen LogP contribution in [0.15, 0.2) is 30.7 Å². The second-order valence-electron chi connectivity index (χ2n) is 7.03. The fraction of sp³-hybridized carbons (Fsp3) is 0.421. The topological polar surface area (TPSA) is 98.4 Å². The van der Waals surface area contributed by atoms with Crippen LogP contribution in [0.3, 0.4) is 0 Å². The highest BCUT2D eigenvalue weighted by Gasteiger charge is 2.33. The van der Waals surface area contributed by atoms with Crippen LogP contribution in [0.5, 0.6) is 0 Å². The van der Waals surface area contributed by atoms with Crippen LogP contribution < -0.4 is 10.6 Å². The molecule has 2 aliphatic heterocycles. The number of fused-ring (bicyclic) bond motifs is 1. The number of nitrogens with zero attached hydrogens (tertiary/aromatic N) is 4. The van der Waals surface area contributed by atoms with Crippen molar-refractivity contribution in [1.29, 1.82) is 0 Å². The van der Waals surface area contributed by atoms with Crippen LogP contribution >= 0.6 is 0 Å². The summed E-state index contributed by atoms with van der Waals surface area (Å²) < 4.78 is 14.0. The van der Waals surface area contributed by atoms with Crippen LogP contribution in [0.1, 0.15) is 36.4 Å². The first-order valence-electron chi connectivity index (χ1n) is 9.16. The lowest BCUT2D eigenvalue weighted by Gasteiger charge is -2.27. The molecule has 142 valence electrons. The highest BCUT2D eigenvalue weighted by Crippen LogP contribution is 2.35. The van der Waals surface area contributed by atoms with Gasteiger partial charge >= 0.3 is 6.03 Å². The van der Waals surface area contributed by atoms with Gasteiger partial charge in [0.25, 0.3) is 0 Å². The SMILES string of the molecule is C[S+]([O-])N1CCCC1c1cncc(-c2cnc3c(c2)CCCN3C(N)=O)c1. The minimum atomic E-state index is -0.989. The van der Waals surface area contributed by atoms with E-state index in [1.54, 1.807) is 12.5 Å². The van der Waals surface area contributed by atoms with Gasteiger partial charge in [-0.05, 0) is 48.9 Å². The van der Waals surface area contributed by atoms with Gasteiger partial charge in [-0.3, -0.25) is 9.88 Å². The highest BCUT2D eigenvalue weighted by molar-refractivity contribution is 7.88. The number of aryl methyl sites for hydroxylation is 1. The van der Waals surface area contributed by atoms with E-state index in [4.69, 9.17) is 5.73 Å². The Morgan fingerprint density at radius 2 is 2.04 bits per heavy atom. The van der Waals surface area contributed by atoms with Crippen molar-refractivity contribution in [2.24, 2.45) is 5.73 Å². The van der Waals surface area contributed by atoms with Gasteiger partial charge in [-0.15, -0.1) is 4.31 Å². The molecule has 2 atom stereocenters. The van der Waals surface area contributed by atoms with Crippen molar-refractivity contribution in [2.75, 3.05) is 24.2 Å². The molecule has 2 aliphatic rings. The van der Waals surface area contributed by atoms with E-state index in [1.165, 1.54) is 4.90 Å². The lowest BCUT2D eigenvalue weighted by molar-refractivity contribution is 0.253. The number of amides is 2. The zero-order valence-electron chi connectivity index (χ0n) is 15.3. The predicted molar refractivity (Wildman–Crippen MR) is 105 cm³/mol. The number of carbonyl (C=O) groups excluding carboxylic acids is 1. The molecule has 4 heterocycles. The summed E-state index contributed by atoms with van der Waals surface area (Å²) in [6.45, 7) is 1.46. The van der Waals surface area contributed by atoms with Crippen LogP contribution in [0.25, 0.3) is 11.1 Å². The quantitative estimate of drug-likeness (QED) is 0.818. The van der Waals surface area contributed by atoms with Gasteiger partial charge in [-0.1, -0.05) is 0 Å².